The molecular formula is C24H21N3O4. The van der Waals surface area contributed by atoms with E-state index in [1.54, 1.807) is 30.3 Å². The molecule has 0 amide bonds. The molecule has 0 atom stereocenters. The largest absolute Gasteiger partial charge is 0.465 e. The van der Waals surface area contributed by atoms with Gasteiger partial charge in [-0.05, 0) is 79.9 Å². The van der Waals surface area contributed by atoms with Crippen molar-refractivity contribution in [3.05, 3.63) is 92.3 Å². The molecule has 3 aromatic rings. The van der Waals surface area contributed by atoms with Crippen LogP contribution in [-0.2, 0) is 4.74 Å². The summed E-state index contributed by atoms with van der Waals surface area (Å²) >= 11 is 0. The van der Waals surface area contributed by atoms with Crippen molar-refractivity contribution < 1.29 is 14.5 Å². The number of allylic oxidation sites excluding steroid dienone is 1. The number of benzene rings is 2. The fourth-order valence-electron chi connectivity index (χ4n) is 3.55. The number of methoxy groups -OCH3 is 1. The second-order valence-electron chi connectivity index (χ2n) is 7.13. The van der Waals surface area contributed by atoms with Gasteiger partial charge in [-0.2, -0.15) is 5.26 Å². The van der Waals surface area contributed by atoms with Crippen LogP contribution in [0.5, 0.6) is 0 Å². The molecule has 0 fully saturated rings. The van der Waals surface area contributed by atoms with E-state index in [0.29, 0.717) is 16.7 Å². The van der Waals surface area contributed by atoms with E-state index in [4.69, 9.17) is 4.74 Å². The van der Waals surface area contributed by atoms with Gasteiger partial charge in [0.2, 0.25) is 0 Å². The van der Waals surface area contributed by atoms with E-state index in [9.17, 15) is 20.2 Å². The molecule has 0 unspecified atom stereocenters. The molecule has 0 spiro atoms. The highest BCUT2D eigenvalue weighted by Gasteiger charge is 2.15. The first kappa shape index (κ1) is 21.5. The van der Waals surface area contributed by atoms with Gasteiger partial charge in [0.15, 0.2) is 0 Å². The van der Waals surface area contributed by atoms with Gasteiger partial charge in [0, 0.05) is 29.2 Å². The number of aryl methyl sites for hydroxylation is 2. The Labute approximate surface area is 180 Å². The molecule has 0 bridgehead atoms. The van der Waals surface area contributed by atoms with Crippen molar-refractivity contribution in [2.45, 2.75) is 20.8 Å². The van der Waals surface area contributed by atoms with Gasteiger partial charge in [0.1, 0.15) is 0 Å². The Morgan fingerprint density at radius 2 is 1.74 bits per heavy atom. The molecule has 0 N–H and O–H groups in total. The molecular weight excluding hydrogens is 394 g/mol. The number of non-ortho nitro benzene ring substituents is 1. The average Bonchev–Trinajstić information content (AvgIpc) is 3.04. The molecule has 0 saturated carbocycles. The maximum atomic E-state index is 11.8. The number of esters is 1. The number of hydrogen-bond acceptors (Lipinski definition) is 5. The number of nitro benzene ring substituents is 1. The van der Waals surface area contributed by atoms with Gasteiger partial charge in [0.05, 0.1) is 29.2 Å². The van der Waals surface area contributed by atoms with E-state index >= 15 is 0 Å². The zero-order valence-corrected chi connectivity index (χ0v) is 17.7. The second-order valence-corrected chi connectivity index (χ2v) is 7.13. The van der Waals surface area contributed by atoms with Crippen molar-refractivity contribution in [1.82, 2.24) is 4.57 Å². The Bertz CT molecular complexity index is 1250. The van der Waals surface area contributed by atoms with Gasteiger partial charge in [-0.3, -0.25) is 10.1 Å². The lowest BCUT2D eigenvalue weighted by Gasteiger charge is -2.14. The van der Waals surface area contributed by atoms with E-state index in [2.05, 4.69) is 10.6 Å². The van der Waals surface area contributed by atoms with Crippen LogP contribution in [0.1, 0.15) is 38.4 Å². The van der Waals surface area contributed by atoms with Crippen LogP contribution >= 0.6 is 0 Å². The number of nitriles is 1. The monoisotopic (exact) mass is 415 g/mol. The number of aromatic nitrogens is 1. The summed E-state index contributed by atoms with van der Waals surface area (Å²) in [4.78, 5) is 22.2. The quantitative estimate of drug-likeness (QED) is 0.248. The zero-order chi connectivity index (χ0) is 22.7. The number of hydrogen-bond donors (Lipinski definition) is 0. The number of ether oxygens (including phenoxy) is 1. The van der Waals surface area contributed by atoms with Gasteiger partial charge in [0.25, 0.3) is 5.69 Å². The van der Waals surface area contributed by atoms with Gasteiger partial charge in [-0.15, -0.1) is 0 Å². The van der Waals surface area contributed by atoms with Crippen LogP contribution in [0.2, 0.25) is 0 Å². The highest BCUT2D eigenvalue weighted by atomic mass is 16.6. The van der Waals surface area contributed by atoms with Gasteiger partial charge in [-0.1, -0.05) is 0 Å². The molecule has 156 valence electrons. The van der Waals surface area contributed by atoms with Gasteiger partial charge < -0.3 is 9.30 Å². The summed E-state index contributed by atoms with van der Waals surface area (Å²) in [6, 6.07) is 15.4. The molecule has 0 aliphatic rings. The molecule has 0 saturated heterocycles. The van der Waals surface area contributed by atoms with Crippen LogP contribution in [0.15, 0.2) is 48.5 Å². The number of rotatable bonds is 5. The third-order valence-corrected chi connectivity index (χ3v) is 5.14. The molecule has 1 heterocycles. The van der Waals surface area contributed by atoms with Crippen molar-refractivity contribution in [2.24, 2.45) is 0 Å². The number of carbonyl (C=O) groups is 1. The third-order valence-electron chi connectivity index (χ3n) is 5.14. The summed E-state index contributed by atoms with van der Waals surface area (Å²) in [7, 11) is 1.35. The lowest BCUT2D eigenvalue weighted by Crippen LogP contribution is -2.05. The first-order valence-electron chi connectivity index (χ1n) is 9.51. The predicted octanol–water partition coefficient (Wildman–Crippen LogP) is 5.16. The molecule has 31 heavy (non-hydrogen) atoms. The van der Waals surface area contributed by atoms with Gasteiger partial charge in [-0.25, -0.2) is 4.79 Å². The van der Waals surface area contributed by atoms with Crippen molar-refractivity contribution in [2.75, 3.05) is 7.11 Å². The lowest BCUT2D eigenvalue weighted by atomic mass is 10.0. The van der Waals surface area contributed by atoms with Gasteiger partial charge >= 0.3 is 5.97 Å². The minimum Gasteiger partial charge on any atom is -0.465 e. The second kappa shape index (κ2) is 8.67. The fraction of sp³-hybridized carbons (Fsp3) is 0.167. The zero-order valence-electron chi connectivity index (χ0n) is 17.7. The van der Waals surface area contributed by atoms with Crippen molar-refractivity contribution in [3.8, 4) is 11.8 Å². The normalized spacial score (nSPS) is 11.1. The minimum absolute atomic E-state index is 0.0231. The van der Waals surface area contributed by atoms with Crippen molar-refractivity contribution >= 4 is 23.3 Å². The van der Waals surface area contributed by atoms with Crippen LogP contribution in [0.3, 0.4) is 0 Å². The van der Waals surface area contributed by atoms with E-state index in [0.717, 1.165) is 28.2 Å². The maximum Gasteiger partial charge on any atom is 0.337 e. The molecule has 0 radical (unpaired) electrons. The molecule has 0 aliphatic heterocycles. The highest BCUT2D eigenvalue weighted by molar-refractivity contribution is 5.91. The molecule has 7 nitrogen and oxygen atoms in total. The minimum atomic E-state index is -0.471. The third kappa shape index (κ3) is 4.23. The molecule has 0 aliphatic carbocycles. The molecule has 7 heteroatoms. The van der Waals surface area contributed by atoms with Crippen LogP contribution < -0.4 is 0 Å². The SMILES string of the molecule is COC(=O)c1ccc(-n2c(C)cc(/C=C(/C#N)c3ccc([N+](=O)[O-])cc3)c2C)c(C)c1. The summed E-state index contributed by atoms with van der Waals surface area (Å²) in [5, 5.41) is 20.5. The predicted molar refractivity (Wildman–Crippen MR) is 118 cm³/mol. The Morgan fingerprint density at radius 1 is 1.10 bits per heavy atom. The van der Waals surface area contributed by atoms with E-state index in [1.807, 2.05) is 32.9 Å². The molecule has 2 aromatic carbocycles. The highest BCUT2D eigenvalue weighted by Crippen LogP contribution is 2.28. The Hall–Kier alpha value is -4.18. The van der Waals surface area contributed by atoms with Crippen LogP contribution in [0.4, 0.5) is 5.69 Å². The van der Waals surface area contributed by atoms with E-state index < -0.39 is 4.92 Å². The Balaban J connectivity index is 2.04. The summed E-state index contributed by atoms with van der Waals surface area (Å²) < 4.78 is 6.85. The average molecular weight is 415 g/mol. The number of carbonyl (C=O) groups excluding carboxylic acids is 1. The maximum absolute atomic E-state index is 11.8. The first-order valence-corrected chi connectivity index (χ1v) is 9.51. The van der Waals surface area contributed by atoms with Crippen LogP contribution in [-0.4, -0.2) is 22.6 Å². The van der Waals surface area contributed by atoms with E-state index in [1.165, 1.54) is 19.2 Å². The fourth-order valence-corrected chi connectivity index (χ4v) is 3.55. The number of nitro groups is 1. The standard InChI is InChI=1S/C24H21N3O4/c1-15-11-19(24(28)31-4)7-10-23(15)26-16(2)12-20(17(26)3)13-21(14-25)18-5-8-22(9-6-18)27(29)30/h5-13H,1-4H3/b21-13-. The van der Waals surface area contributed by atoms with Crippen LogP contribution in [0.25, 0.3) is 17.3 Å². The Morgan fingerprint density at radius 3 is 2.29 bits per heavy atom. The van der Waals surface area contributed by atoms with Crippen LogP contribution in [0, 0.1) is 42.2 Å². The molecule has 1 aromatic heterocycles. The first-order chi connectivity index (χ1) is 14.8. The summed E-state index contributed by atoms with van der Waals surface area (Å²) in [6.45, 7) is 5.85. The summed E-state index contributed by atoms with van der Waals surface area (Å²) in [5.74, 6) is -0.388. The Kier molecular flexibility index (Phi) is 6.02. The summed E-state index contributed by atoms with van der Waals surface area (Å²) in [5.41, 5.74) is 6.08. The molecule has 3 rings (SSSR count). The lowest BCUT2D eigenvalue weighted by molar-refractivity contribution is -0.384. The van der Waals surface area contributed by atoms with Crippen molar-refractivity contribution in [1.29, 1.82) is 5.26 Å². The van der Waals surface area contributed by atoms with E-state index in [-0.39, 0.29) is 11.7 Å². The topological polar surface area (TPSA) is 98.2 Å². The van der Waals surface area contributed by atoms with Crippen molar-refractivity contribution in [3.63, 3.8) is 0 Å². The number of nitrogens with zero attached hydrogens (tertiary/aromatic N) is 3. The smallest absolute Gasteiger partial charge is 0.337 e. The summed E-state index contributed by atoms with van der Waals surface area (Å²) in [6.07, 6.45) is 1.78.